The fourth-order valence-electron chi connectivity index (χ4n) is 5.60. The zero-order valence-electron chi connectivity index (χ0n) is 18.0. The minimum absolute atomic E-state index is 0.244. The van der Waals surface area contributed by atoms with Gasteiger partial charge in [-0.1, -0.05) is 49.2 Å². The Morgan fingerprint density at radius 2 is 1.90 bits per heavy atom. The molecule has 0 radical (unpaired) electrons. The molecule has 1 aliphatic heterocycles. The molecule has 6 heteroatoms. The highest BCUT2D eigenvalue weighted by atomic mass is 32.2. The van der Waals surface area contributed by atoms with Crippen molar-refractivity contribution in [1.82, 2.24) is 0 Å². The summed E-state index contributed by atoms with van der Waals surface area (Å²) in [5.74, 6) is -0.412. The lowest BCUT2D eigenvalue weighted by Gasteiger charge is -2.44. The van der Waals surface area contributed by atoms with E-state index in [1.165, 1.54) is 0 Å². The van der Waals surface area contributed by atoms with Gasteiger partial charge in [0.05, 0.1) is 34.7 Å². The molecule has 2 aromatic rings. The minimum atomic E-state index is -3.88. The van der Waals surface area contributed by atoms with Crippen LogP contribution in [0.1, 0.15) is 55.7 Å². The van der Waals surface area contributed by atoms with Crippen LogP contribution in [0.4, 0.5) is 5.69 Å². The van der Waals surface area contributed by atoms with Crippen LogP contribution < -0.4 is 4.31 Å². The van der Waals surface area contributed by atoms with Gasteiger partial charge >= 0.3 is 0 Å². The topological polar surface area (TPSA) is 85.0 Å². The van der Waals surface area contributed by atoms with Gasteiger partial charge in [0.25, 0.3) is 10.0 Å². The predicted molar refractivity (Wildman–Crippen MR) is 120 cm³/mol. The van der Waals surface area contributed by atoms with Crippen LogP contribution in [-0.4, -0.2) is 14.5 Å². The number of fused-ring (bicyclic) bond motifs is 3. The van der Waals surface area contributed by atoms with E-state index < -0.39 is 27.4 Å². The van der Waals surface area contributed by atoms with E-state index in [2.05, 4.69) is 12.1 Å². The summed E-state index contributed by atoms with van der Waals surface area (Å²) in [7, 11) is -3.88. The van der Waals surface area contributed by atoms with Gasteiger partial charge in [-0.15, -0.1) is 0 Å². The van der Waals surface area contributed by atoms with E-state index in [9.17, 15) is 18.9 Å². The molecule has 0 amide bonds. The second-order valence-electron chi connectivity index (χ2n) is 8.67. The fourth-order valence-corrected chi connectivity index (χ4v) is 7.41. The number of para-hydroxylation sites is 1. The van der Waals surface area contributed by atoms with Crippen LogP contribution in [0.25, 0.3) is 0 Å². The van der Waals surface area contributed by atoms with Crippen LogP contribution in [0.2, 0.25) is 0 Å². The van der Waals surface area contributed by atoms with Crippen LogP contribution in [0.3, 0.4) is 0 Å². The summed E-state index contributed by atoms with van der Waals surface area (Å²) in [6.07, 6.45) is 3.91. The summed E-state index contributed by atoms with van der Waals surface area (Å²) in [6, 6.07) is 17.1. The van der Waals surface area contributed by atoms with E-state index in [4.69, 9.17) is 0 Å². The summed E-state index contributed by atoms with van der Waals surface area (Å²) in [5.41, 5.74) is 3.17. The number of hydrogen-bond donors (Lipinski definition) is 0. The van der Waals surface area contributed by atoms with Crippen molar-refractivity contribution in [2.75, 3.05) is 4.31 Å². The quantitative estimate of drug-likeness (QED) is 0.664. The Balaban J connectivity index is 2.01. The Kier molecular flexibility index (Phi) is 5.54. The Morgan fingerprint density at radius 1 is 1.16 bits per heavy atom. The predicted octanol–water partition coefficient (Wildman–Crippen LogP) is 5.00. The summed E-state index contributed by atoms with van der Waals surface area (Å²) in [5, 5.41) is 19.4. The van der Waals surface area contributed by atoms with Gasteiger partial charge in [-0.25, -0.2) is 8.42 Å². The largest absolute Gasteiger partial charge is 0.264 e. The molecule has 1 saturated carbocycles. The molecule has 0 aromatic heterocycles. The third-order valence-electron chi connectivity index (χ3n) is 7.02. The van der Waals surface area contributed by atoms with Gasteiger partial charge in [0, 0.05) is 11.8 Å². The van der Waals surface area contributed by atoms with E-state index in [0.29, 0.717) is 25.7 Å². The highest BCUT2D eigenvalue weighted by molar-refractivity contribution is 7.93. The number of anilines is 1. The van der Waals surface area contributed by atoms with Crippen molar-refractivity contribution >= 4 is 15.7 Å². The maximum atomic E-state index is 14.1. The molecule has 0 spiro atoms. The molecule has 0 unspecified atom stereocenters. The lowest BCUT2D eigenvalue weighted by molar-refractivity contribution is 0.216. The van der Waals surface area contributed by atoms with Gasteiger partial charge < -0.3 is 0 Å². The zero-order valence-corrected chi connectivity index (χ0v) is 18.8. The lowest BCUT2D eigenvalue weighted by Crippen LogP contribution is -2.53. The Morgan fingerprint density at radius 3 is 2.55 bits per heavy atom. The smallest absolute Gasteiger partial charge is 0.260 e. The average Bonchev–Trinajstić information content (AvgIpc) is 3.09. The Labute approximate surface area is 185 Å². The van der Waals surface area contributed by atoms with Gasteiger partial charge in [-0.2, -0.15) is 10.5 Å². The highest BCUT2D eigenvalue weighted by Crippen LogP contribution is 2.58. The normalized spacial score (nSPS) is 24.7. The second kappa shape index (κ2) is 8.02. The van der Waals surface area contributed by atoms with E-state index in [-0.39, 0.29) is 4.90 Å². The molecule has 3 atom stereocenters. The third-order valence-corrected chi connectivity index (χ3v) is 8.82. The molecule has 5 nitrogen and oxygen atoms in total. The zero-order chi connectivity index (χ0) is 22.2. The summed E-state index contributed by atoms with van der Waals surface area (Å²) < 4.78 is 29.7. The first kappa shape index (κ1) is 21.4. The van der Waals surface area contributed by atoms with E-state index in [1.807, 2.05) is 32.0 Å². The first-order chi connectivity index (χ1) is 14.9. The molecule has 0 saturated heterocycles. The molecule has 160 valence electrons. The molecule has 0 N–H and O–H groups in total. The monoisotopic (exact) mass is 433 g/mol. The van der Waals surface area contributed by atoms with Crippen molar-refractivity contribution in [3.63, 3.8) is 0 Å². The molecule has 1 fully saturated rings. The maximum Gasteiger partial charge on any atom is 0.264 e. The van der Waals surface area contributed by atoms with Gasteiger partial charge in [-0.3, -0.25) is 4.31 Å². The summed E-state index contributed by atoms with van der Waals surface area (Å²) in [4.78, 5) is 0.244. The van der Waals surface area contributed by atoms with Crippen molar-refractivity contribution in [3.8, 4) is 12.1 Å². The van der Waals surface area contributed by atoms with Gasteiger partial charge in [0.1, 0.15) is 0 Å². The average molecular weight is 434 g/mol. The summed E-state index contributed by atoms with van der Waals surface area (Å²) in [6.45, 7) is 3.95. The van der Waals surface area contributed by atoms with E-state index in [0.717, 1.165) is 35.2 Å². The Hall–Kier alpha value is -2.83. The fraction of sp³-hybridized carbons (Fsp3) is 0.440. The minimum Gasteiger partial charge on any atom is -0.260 e. The number of benzene rings is 2. The van der Waals surface area contributed by atoms with Crippen LogP contribution in [0.15, 0.2) is 47.4 Å². The summed E-state index contributed by atoms with van der Waals surface area (Å²) >= 11 is 0. The van der Waals surface area contributed by atoms with Crippen molar-refractivity contribution < 1.29 is 8.42 Å². The number of aryl methyl sites for hydroxylation is 2. The highest BCUT2D eigenvalue weighted by Gasteiger charge is 2.59. The number of nitrogens with zero attached hydrogens (tertiary/aromatic N) is 3. The van der Waals surface area contributed by atoms with Crippen LogP contribution >= 0.6 is 0 Å². The second-order valence-corrected chi connectivity index (χ2v) is 10.5. The molecule has 31 heavy (non-hydrogen) atoms. The van der Waals surface area contributed by atoms with Crippen molar-refractivity contribution in [2.24, 2.45) is 5.92 Å². The molecule has 2 aromatic carbocycles. The molecular formula is C25H27N3O2S. The number of rotatable bonds is 5. The van der Waals surface area contributed by atoms with Gasteiger partial charge in [0.15, 0.2) is 0 Å². The van der Waals surface area contributed by atoms with Crippen LogP contribution in [-0.2, 0) is 21.9 Å². The molecule has 4 rings (SSSR count). The van der Waals surface area contributed by atoms with Gasteiger partial charge in [-0.05, 0) is 55.9 Å². The molecule has 2 aliphatic rings. The molecule has 0 bridgehead atoms. The van der Waals surface area contributed by atoms with Crippen molar-refractivity contribution in [2.45, 2.75) is 68.7 Å². The first-order valence-corrected chi connectivity index (χ1v) is 12.3. The van der Waals surface area contributed by atoms with Crippen molar-refractivity contribution in [3.05, 3.63) is 59.2 Å². The Bertz CT molecular complexity index is 1170. The number of nitriles is 2. The molecule has 1 heterocycles. The SMILES string of the molecule is CCc1cccc2c1N(S(=O)(=O)c1ccc(C)cc1)[C@H]1[C@H](C#N)CCC[C@@]21CCC#N. The van der Waals surface area contributed by atoms with Crippen LogP contribution in [0.5, 0.6) is 0 Å². The van der Waals surface area contributed by atoms with Gasteiger partial charge in [0.2, 0.25) is 0 Å². The standard InChI is InChI=1S/C25H27N3O2S/c1-3-19-7-4-9-22-23(19)28(31(29,30)21-12-10-18(2)11-13-21)24-20(17-27)8-5-14-25(22,24)15-6-16-26/h4,7,9-13,20,24H,3,5-6,8,14-15H2,1-2H3/t20-,24-,25+/m0/s1. The maximum absolute atomic E-state index is 14.1. The number of hydrogen-bond acceptors (Lipinski definition) is 4. The van der Waals surface area contributed by atoms with Crippen LogP contribution in [0, 0.1) is 35.5 Å². The van der Waals surface area contributed by atoms with E-state index in [1.54, 1.807) is 28.6 Å². The third kappa shape index (κ3) is 3.22. The van der Waals surface area contributed by atoms with E-state index >= 15 is 0 Å². The lowest BCUT2D eigenvalue weighted by atomic mass is 9.62. The molecular weight excluding hydrogens is 406 g/mol. The molecule has 1 aliphatic carbocycles. The van der Waals surface area contributed by atoms with Crippen molar-refractivity contribution in [1.29, 1.82) is 10.5 Å². The first-order valence-electron chi connectivity index (χ1n) is 10.9. The number of sulfonamides is 1.